The molecule has 0 fully saturated rings. The number of fused-ring (bicyclic) bond motifs is 3. The lowest BCUT2D eigenvalue weighted by Crippen LogP contribution is -2.38. The molecule has 0 unspecified atom stereocenters. The number of nitrogens with zero attached hydrogens (tertiary/aromatic N) is 3. The van der Waals surface area contributed by atoms with Crippen molar-refractivity contribution in [2.75, 3.05) is 11.9 Å². The number of pyridine rings is 1. The highest BCUT2D eigenvalue weighted by Crippen LogP contribution is 2.42. The maximum atomic E-state index is 11.0. The highest BCUT2D eigenvalue weighted by molar-refractivity contribution is 9.10. The Hall–Kier alpha value is -4.04. The number of ether oxygens (including phenoxy) is 1. The van der Waals surface area contributed by atoms with Crippen LogP contribution in [0.3, 0.4) is 0 Å². The molecule has 218 valence electrons. The minimum Gasteiger partial charge on any atom is -0.389 e. The Kier molecular flexibility index (Phi) is 8.05. The highest BCUT2D eigenvalue weighted by atomic mass is 79.9. The van der Waals surface area contributed by atoms with Gasteiger partial charge in [-0.25, -0.2) is 9.97 Å². The second kappa shape index (κ2) is 11.9. The molecular weight excluding hydrogens is 600 g/mol. The van der Waals surface area contributed by atoms with E-state index in [1.807, 2.05) is 51.1 Å². The number of hydrogen-bond acceptors (Lipinski definition) is 5. The number of benzene rings is 4. The van der Waals surface area contributed by atoms with Crippen molar-refractivity contribution >= 4 is 43.7 Å². The van der Waals surface area contributed by atoms with Crippen LogP contribution in [0.2, 0.25) is 0 Å². The number of rotatable bonds is 10. The summed E-state index contributed by atoms with van der Waals surface area (Å²) in [5, 5.41) is 15.9. The van der Waals surface area contributed by atoms with Gasteiger partial charge in [0.05, 0.1) is 23.2 Å². The summed E-state index contributed by atoms with van der Waals surface area (Å²) < 4.78 is 8.89. The minimum absolute atomic E-state index is 0.319. The quantitative estimate of drug-likeness (QED) is 0.149. The molecule has 0 saturated carbocycles. The second-order valence-corrected chi connectivity index (χ2v) is 12.3. The molecule has 2 N–H and O–H groups in total. The maximum Gasteiger partial charge on any atom is 0.156 e. The Balaban J connectivity index is 1.70. The normalized spacial score (nSPS) is 12.2. The fourth-order valence-electron chi connectivity index (χ4n) is 5.81. The van der Waals surface area contributed by atoms with E-state index in [-0.39, 0.29) is 0 Å². The van der Waals surface area contributed by atoms with E-state index in [0.29, 0.717) is 25.6 Å². The topological polar surface area (TPSA) is 72.2 Å². The number of nitrogens with one attached hydrogen (secondary N) is 1. The molecule has 0 bridgehead atoms. The Morgan fingerprint density at radius 1 is 0.814 bits per heavy atom. The van der Waals surface area contributed by atoms with Crippen molar-refractivity contribution in [1.82, 2.24) is 14.5 Å². The van der Waals surface area contributed by atoms with E-state index < -0.39 is 11.1 Å². The molecule has 2 heterocycles. The van der Waals surface area contributed by atoms with Gasteiger partial charge in [-0.3, -0.25) is 0 Å². The monoisotopic (exact) mass is 634 g/mol. The van der Waals surface area contributed by atoms with Gasteiger partial charge < -0.3 is 19.7 Å². The van der Waals surface area contributed by atoms with Gasteiger partial charge in [0, 0.05) is 16.5 Å². The van der Waals surface area contributed by atoms with Gasteiger partial charge in [-0.05, 0) is 55.7 Å². The van der Waals surface area contributed by atoms with E-state index in [9.17, 15) is 5.11 Å². The van der Waals surface area contributed by atoms with E-state index >= 15 is 0 Å². The third-order valence-electron chi connectivity index (χ3n) is 7.62. The van der Waals surface area contributed by atoms with E-state index in [2.05, 4.69) is 105 Å². The summed E-state index contributed by atoms with van der Waals surface area (Å²) in [5.74, 6) is 1.38. The highest BCUT2D eigenvalue weighted by Gasteiger charge is 2.38. The molecule has 0 aliphatic heterocycles. The molecule has 0 atom stereocenters. The molecule has 6 aromatic rings. The van der Waals surface area contributed by atoms with Crippen LogP contribution in [-0.4, -0.2) is 31.8 Å². The third kappa shape index (κ3) is 5.68. The van der Waals surface area contributed by atoms with Crippen molar-refractivity contribution < 1.29 is 9.84 Å². The molecule has 2 aromatic heterocycles. The van der Waals surface area contributed by atoms with Crippen LogP contribution >= 0.6 is 15.9 Å². The number of aliphatic hydroxyl groups is 1. The first-order valence-electron chi connectivity index (χ1n) is 14.5. The fraction of sp³-hybridized carbons (Fsp3) is 0.222. The number of hydrogen-bond donors (Lipinski definition) is 2. The van der Waals surface area contributed by atoms with E-state index in [4.69, 9.17) is 14.7 Å². The van der Waals surface area contributed by atoms with Crippen molar-refractivity contribution in [3.8, 4) is 0 Å². The van der Waals surface area contributed by atoms with E-state index in [1.54, 1.807) is 0 Å². The Morgan fingerprint density at radius 3 is 1.88 bits per heavy atom. The number of anilines is 1. The Bertz CT molecular complexity index is 1750. The first kappa shape index (κ1) is 29.1. The predicted molar refractivity (Wildman–Crippen MR) is 177 cm³/mol. The summed E-state index contributed by atoms with van der Waals surface area (Å²) in [5.41, 5.74) is 3.89. The molecule has 43 heavy (non-hydrogen) atoms. The lowest BCUT2D eigenvalue weighted by Gasteiger charge is -2.37. The second-order valence-electron chi connectivity index (χ2n) is 11.4. The smallest absolute Gasteiger partial charge is 0.156 e. The largest absolute Gasteiger partial charge is 0.389 e. The van der Waals surface area contributed by atoms with Crippen LogP contribution in [0.25, 0.3) is 21.9 Å². The average molecular weight is 636 g/mol. The molecule has 7 heteroatoms. The number of aromatic nitrogens is 3. The van der Waals surface area contributed by atoms with Crippen molar-refractivity contribution in [1.29, 1.82) is 0 Å². The fourth-order valence-corrected chi connectivity index (χ4v) is 6.16. The third-order valence-corrected chi connectivity index (χ3v) is 8.12. The zero-order valence-corrected chi connectivity index (χ0v) is 26.2. The van der Waals surface area contributed by atoms with Crippen LogP contribution in [0.15, 0.2) is 114 Å². The molecule has 0 radical (unpaired) electrons. The van der Waals surface area contributed by atoms with Crippen LogP contribution in [0, 0.1) is 0 Å². The van der Waals surface area contributed by atoms with Gasteiger partial charge in [0.2, 0.25) is 0 Å². The van der Waals surface area contributed by atoms with E-state index in [0.717, 1.165) is 48.9 Å². The number of halogens is 1. The predicted octanol–water partition coefficient (Wildman–Crippen LogP) is 8.06. The molecule has 0 saturated heterocycles. The molecule has 0 spiro atoms. The zero-order chi connectivity index (χ0) is 30.0. The Morgan fingerprint density at radius 2 is 1.37 bits per heavy atom. The van der Waals surface area contributed by atoms with Crippen LogP contribution in [0.1, 0.15) is 43.3 Å². The van der Waals surface area contributed by atoms with Crippen molar-refractivity contribution in [2.45, 2.75) is 45.1 Å². The maximum absolute atomic E-state index is 11.0. The van der Waals surface area contributed by atoms with Crippen molar-refractivity contribution in [3.63, 3.8) is 0 Å². The summed E-state index contributed by atoms with van der Waals surface area (Å²) in [6.45, 7) is 6.82. The lowest BCUT2D eigenvalue weighted by molar-refractivity contribution is 0.0582. The standard InChI is InChI=1S/C36H35BrN4O2/c1-4-43-23-31-39-32-33(41(31)24-35(2,3)42)29-21-20-28(37)22-30(29)38-34(32)40-36(25-14-8-5-9-15-25,26-16-10-6-11-17-26)27-18-12-7-13-19-27/h5-22,42H,4,23-24H2,1-3H3,(H,38,40). The van der Waals surface area contributed by atoms with Crippen LogP contribution in [-0.2, 0) is 23.4 Å². The molecule has 6 rings (SSSR count). The molecule has 0 aliphatic rings. The van der Waals surface area contributed by atoms with Gasteiger partial charge in [0.15, 0.2) is 5.82 Å². The molecule has 0 aliphatic carbocycles. The van der Waals surface area contributed by atoms with Gasteiger partial charge in [-0.15, -0.1) is 0 Å². The van der Waals surface area contributed by atoms with Gasteiger partial charge in [0.25, 0.3) is 0 Å². The van der Waals surface area contributed by atoms with Crippen LogP contribution in [0.4, 0.5) is 5.82 Å². The summed E-state index contributed by atoms with van der Waals surface area (Å²) in [4.78, 5) is 10.4. The van der Waals surface area contributed by atoms with Crippen LogP contribution < -0.4 is 5.32 Å². The van der Waals surface area contributed by atoms with Crippen LogP contribution in [0.5, 0.6) is 0 Å². The SMILES string of the molecule is CCOCc1nc2c(NC(c3ccccc3)(c3ccccc3)c3ccccc3)nc3cc(Br)ccc3c2n1CC(C)(C)O. The van der Waals surface area contributed by atoms with Gasteiger partial charge >= 0.3 is 0 Å². The summed E-state index contributed by atoms with van der Waals surface area (Å²) >= 11 is 3.66. The first-order valence-corrected chi connectivity index (χ1v) is 15.3. The first-order chi connectivity index (χ1) is 20.8. The van der Waals surface area contributed by atoms with Gasteiger partial charge in [-0.2, -0.15) is 0 Å². The number of imidazole rings is 1. The summed E-state index contributed by atoms with van der Waals surface area (Å²) in [7, 11) is 0. The summed E-state index contributed by atoms with van der Waals surface area (Å²) in [6.07, 6.45) is 0. The molecule has 4 aromatic carbocycles. The van der Waals surface area contributed by atoms with Gasteiger partial charge in [-0.1, -0.05) is 107 Å². The Labute approximate surface area is 260 Å². The van der Waals surface area contributed by atoms with Gasteiger partial charge in [0.1, 0.15) is 23.5 Å². The molecule has 0 amide bonds. The molecule has 6 nitrogen and oxygen atoms in total. The molecular formula is C36H35BrN4O2. The average Bonchev–Trinajstić information content (AvgIpc) is 3.36. The lowest BCUT2D eigenvalue weighted by atomic mass is 9.77. The van der Waals surface area contributed by atoms with Crippen molar-refractivity contribution in [2.24, 2.45) is 0 Å². The zero-order valence-electron chi connectivity index (χ0n) is 24.6. The minimum atomic E-state index is -0.977. The van der Waals surface area contributed by atoms with E-state index in [1.165, 1.54) is 0 Å². The van der Waals surface area contributed by atoms with Crippen molar-refractivity contribution in [3.05, 3.63) is 136 Å². The summed E-state index contributed by atoms with van der Waals surface area (Å²) in [6, 6.07) is 37.5.